The summed E-state index contributed by atoms with van der Waals surface area (Å²) in [5.74, 6) is 0.428. The van der Waals surface area contributed by atoms with Crippen molar-refractivity contribution in [3.63, 3.8) is 0 Å². The lowest BCUT2D eigenvalue weighted by Crippen LogP contribution is -2.31. The van der Waals surface area contributed by atoms with E-state index in [2.05, 4.69) is 5.32 Å². The summed E-state index contributed by atoms with van der Waals surface area (Å²) < 4.78 is 0. The quantitative estimate of drug-likeness (QED) is 0.786. The monoisotopic (exact) mass is 232 g/mol. The lowest BCUT2D eigenvalue weighted by Gasteiger charge is -2.20. The van der Waals surface area contributed by atoms with Crippen molar-refractivity contribution in [1.29, 1.82) is 0 Å². The molecule has 1 aliphatic rings. The summed E-state index contributed by atoms with van der Waals surface area (Å²) in [6, 6.07) is 7.66. The molecule has 0 atom stereocenters. The van der Waals surface area contributed by atoms with Crippen molar-refractivity contribution in [2.45, 2.75) is 38.6 Å². The highest BCUT2D eigenvalue weighted by Crippen LogP contribution is 2.23. The second kappa shape index (κ2) is 5.71. The molecule has 3 nitrogen and oxygen atoms in total. The molecule has 1 saturated carbocycles. The zero-order valence-corrected chi connectivity index (χ0v) is 10.1. The molecule has 0 bridgehead atoms. The lowest BCUT2D eigenvalue weighted by atomic mass is 9.88. The van der Waals surface area contributed by atoms with E-state index >= 15 is 0 Å². The van der Waals surface area contributed by atoms with Crippen LogP contribution in [0, 0.1) is 5.92 Å². The fourth-order valence-electron chi connectivity index (χ4n) is 2.40. The fraction of sp³-hybridized carbons (Fsp3) is 0.500. The minimum Gasteiger partial charge on any atom is -0.399 e. The molecule has 3 N–H and O–H groups in total. The number of nitrogens with two attached hydrogens (primary N) is 1. The predicted molar refractivity (Wildman–Crippen MR) is 69.3 cm³/mol. The van der Waals surface area contributed by atoms with E-state index in [0.29, 0.717) is 6.54 Å². The third-order valence-corrected chi connectivity index (χ3v) is 3.39. The van der Waals surface area contributed by atoms with E-state index in [1.54, 1.807) is 0 Å². The number of amides is 1. The molecule has 92 valence electrons. The van der Waals surface area contributed by atoms with Crippen molar-refractivity contribution in [2.75, 3.05) is 5.73 Å². The van der Waals surface area contributed by atoms with Gasteiger partial charge in [0, 0.05) is 18.2 Å². The van der Waals surface area contributed by atoms with E-state index in [1.807, 2.05) is 24.3 Å². The molecular weight excluding hydrogens is 212 g/mol. The Morgan fingerprint density at radius 3 is 2.76 bits per heavy atom. The van der Waals surface area contributed by atoms with Gasteiger partial charge in [0.15, 0.2) is 0 Å². The number of hydrogen-bond acceptors (Lipinski definition) is 2. The Kier molecular flexibility index (Phi) is 4.02. The molecule has 0 aliphatic heterocycles. The summed E-state index contributed by atoms with van der Waals surface area (Å²) in [5.41, 5.74) is 7.50. The van der Waals surface area contributed by atoms with Crippen molar-refractivity contribution < 1.29 is 4.79 Å². The van der Waals surface area contributed by atoms with Gasteiger partial charge in [0.1, 0.15) is 0 Å². The SMILES string of the molecule is Nc1cccc(CNC(=O)C2CCCCC2)c1. The van der Waals surface area contributed by atoms with Crippen molar-refractivity contribution in [2.24, 2.45) is 5.92 Å². The highest BCUT2D eigenvalue weighted by molar-refractivity contribution is 5.78. The first-order chi connectivity index (χ1) is 8.25. The standard InChI is InChI=1S/C14H20N2O/c15-13-8-4-5-11(9-13)10-16-14(17)12-6-2-1-3-7-12/h4-5,8-9,12H,1-3,6-7,10,15H2,(H,16,17). The van der Waals surface area contributed by atoms with Crippen LogP contribution in [0.5, 0.6) is 0 Å². The topological polar surface area (TPSA) is 55.1 Å². The maximum Gasteiger partial charge on any atom is 0.223 e. The number of benzene rings is 1. The van der Waals surface area contributed by atoms with Crippen LogP contribution in [0.25, 0.3) is 0 Å². The average molecular weight is 232 g/mol. The van der Waals surface area contributed by atoms with E-state index < -0.39 is 0 Å². The molecule has 2 rings (SSSR count). The van der Waals surface area contributed by atoms with Crippen LogP contribution in [-0.4, -0.2) is 5.91 Å². The summed E-state index contributed by atoms with van der Waals surface area (Å²) in [7, 11) is 0. The Morgan fingerprint density at radius 1 is 1.29 bits per heavy atom. The normalized spacial score (nSPS) is 16.7. The maximum atomic E-state index is 11.9. The number of rotatable bonds is 3. The first-order valence-electron chi connectivity index (χ1n) is 6.38. The van der Waals surface area contributed by atoms with Crippen LogP contribution in [-0.2, 0) is 11.3 Å². The maximum absolute atomic E-state index is 11.9. The van der Waals surface area contributed by atoms with Crippen LogP contribution in [0.2, 0.25) is 0 Å². The molecule has 0 heterocycles. The van der Waals surface area contributed by atoms with Crippen molar-refractivity contribution >= 4 is 11.6 Å². The van der Waals surface area contributed by atoms with Crippen LogP contribution in [0.15, 0.2) is 24.3 Å². The Hall–Kier alpha value is -1.51. The molecule has 0 saturated heterocycles. The third-order valence-electron chi connectivity index (χ3n) is 3.39. The van der Waals surface area contributed by atoms with Gasteiger partial charge in [0.2, 0.25) is 5.91 Å². The van der Waals surface area contributed by atoms with Gasteiger partial charge in [0.25, 0.3) is 0 Å². The lowest BCUT2D eigenvalue weighted by molar-refractivity contribution is -0.126. The van der Waals surface area contributed by atoms with Crippen molar-refractivity contribution in [3.8, 4) is 0 Å². The van der Waals surface area contributed by atoms with Crippen molar-refractivity contribution in [1.82, 2.24) is 5.32 Å². The van der Waals surface area contributed by atoms with Gasteiger partial charge in [-0.15, -0.1) is 0 Å². The van der Waals surface area contributed by atoms with Gasteiger partial charge < -0.3 is 11.1 Å². The van der Waals surface area contributed by atoms with Crippen molar-refractivity contribution in [3.05, 3.63) is 29.8 Å². The van der Waals surface area contributed by atoms with Gasteiger partial charge in [-0.05, 0) is 30.5 Å². The minimum absolute atomic E-state index is 0.201. The first-order valence-corrected chi connectivity index (χ1v) is 6.38. The molecule has 1 aliphatic carbocycles. The minimum atomic E-state index is 0.201. The smallest absolute Gasteiger partial charge is 0.223 e. The Bertz CT molecular complexity index is 384. The Labute approximate surface area is 102 Å². The Morgan fingerprint density at radius 2 is 2.06 bits per heavy atom. The summed E-state index contributed by atoms with van der Waals surface area (Å²) >= 11 is 0. The van der Waals surface area contributed by atoms with Gasteiger partial charge in [-0.2, -0.15) is 0 Å². The second-order valence-electron chi connectivity index (χ2n) is 4.80. The highest BCUT2D eigenvalue weighted by atomic mass is 16.1. The third kappa shape index (κ3) is 3.48. The molecule has 17 heavy (non-hydrogen) atoms. The van der Waals surface area contributed by atoms with Crippen LogP contribution in [0.1, 0.15) is 37.7 Å². The zero-order chi connectivity index (χ0) is 12.1. The molecule has 0 radical (unpaired) electrons. The predicted octanol–water partition coefficient (Wildman–Crippen LogP) is 2.47. The molecule has 3 heteroatoms. The number of anilines is 1. The van der Waals surface area contributed by atoms with Gasteiger partial charge in [0.05, 0.1) is 0 Å². The Balaban J connectivity index is 1.83. The van der Waals surface area contributed by atoms with E-state index in [0.717, 1.165) is 24.1 Å². The zero-order valence-electron chi connectivity index (χ0n) is 10.1. The number of hydrogen-bond donors (Lipinski definition) is 2. The highest BCUT2D eigenvalue weighted by Gasteiger charge is 2.20. The average Bonchev–Trinajstić information content (AvgIpc) is 2.37. The molecule has 0 unspecified atom stereocenters. The molecule has 1 fully saturated rings. The summed E-state index contributed by atoms with van der Waals surface area (Å²) in [6.07, 6.45) is 5.75. The number of carbonyl (C=O) groups is 1. The molecule has 1 aromatic carbocycles. The molecule has 1 aromatic rings. The van der Waals surface area contributed by atoms with Gasteiger partial charge in [-0.3, -0.25) is 4.79 Å². The van der Waals surface area contributed by atoms with Gasteiger partial charge in [-0.25, -0.2) is 0 Å². The van der Waals surface area contributed by atoms with Crippen LogP contribution >= 0.6 is 0 Å². The first kappa shape index (κ1) is 12.0. The molecule has 0 aromatic heterocycles. The number of nitrogens with one attached hydrogen (secondary N) is 1. The summed E-state index contributed by atoms with van der Waals surface area (Å²) in [6.45, 7) is 0.584. The summed E-state index contributed by atoms with van der Waals surface area (Å²) in [5, 5.41) is 3.00. The van der Waals surface area contributed by atoms with Crippen LogP contribution in [0.4, 0.5) is 5.69 Å². The van der Waals surface area contributed by atoms with E-state index in [-0.39, 0.29) is 11.8 Å². The van der Waals surface area contributed by atoms with E-state index in [9.17, 15) is 4.79 Å². The van der Waals surface area contributed by atoms with Gasteiger partial charge in [-0.1, -0.05) is 31.4 Å². The van der Waals surface area contributed by atoms with E-state index in [1.165, 1.54) is 19.3 Å². The second-order valence-corrected chi connectivity index (χ2v) is 4.80. The van der Waals surface area contributed by atoms with E-state index in [4.69, 9.17) is 5.73 Å². The van der Waals surface area contributed by atoms with Crippen LogP contribution in [0.3, 0.4) is 0 Å². The fourth-order valence-corrected chi connectivity index (χ4v) is 2.40. The largest absolute Gasteiger partial charge is 0.399 e. The number of carbonyl (C=O) groups excluding carboxylic acids is 1. The van der Waals surface area contributed by atoms with Gasteiger partial charge >= 0.3 is 0 Å². The summed E-state index contributed by atoms with van der Waals surface area (Å²) in [4.78, 5) is 11.9. The molecule has 1 amide bonds. The number of nitrogen functional groups attached to an aromatic ring is 1. The molecular formula is C14H20N2O. The van der Waals surface area contributed by atoms with Crippen LogP contribution < -0.4 is 11.1 Å². The molecule has 0 spiro atoms.